The van der Waals surface area contributed by atoms with Crippen molar-refractivity contribution in [2.24, 2.45) is 5.92 Å². The first-order valence-electron chi connectivity index (χ1n) is 9.85. The van der Waals surface area contributed by atoms with Gasteiger partial charge in [-0.05, 0) is 43.9 Å². The van der Waals surface area contributed by atoms with E-state index in [9.17, 15) is 9.59 Å². The molecule has 1 unspecified atom stereocenters. The minimum absolute atomic E-state index is 0.121. The highest BCUT2D eigenvalue weighted by atomic mass is 16.4. The van der Waals surface area contributed by atoms with Gasteiger partial charge in [0, 0.05) is 5.39 Å². The molecule has 29 heavy (non-hydrogen) atoms. The van der Waals surface area contributed by atoms with E-state index in [0.29, 0.717) is 22.8 Å². The van der Waals surface area contributed by atoms with Crippen molar-refractivity contribution in [3.05, 3.63) is 70.5 Å². The van der Waals surface area contributed by atoms with E-state index in [1.807, 2.05) is 6.07 Å². The van der Waals surface area contributed by atoms with Gasteiger partial charge in [-0.3, -0.25) is 9.59 Å². The van der Waals surface area contributed by atoms with Crippen molar-refractivity contribution < 1.29 is 19.1 Å². The second kappa shape index (κ2) is 8.52. The molecule has 3 aromatic rings. The summed E-state index contributed by atoms with van der Waals surface area (Å²) in [7, 11) is 0. The Kier molecular flexibility index (Phi) is 6.06. The molecule has 0 saturated carbocycles. The number of carbonyl (C=O) groups is 2. The average Bonchev–Trinajstić information content (AvgIpc) is 3.01. The molecule has 1 atom stereocenters. The van der Waals surface area contributed by atoms with Crippen LogP contribution in [0.15, 0.2) is 46.9 Å². The summed E-state index contributed by atoms with van der Waals surface area (Å²) in [5.74, 6) is -0.456. The molecule has 152 valence electrons. The molecule has 0 bridgehead atoms. The summed E-state index contributed by atoms with van der Waals surface area (Å²) in [6.45, 7) is 8.37. The molecule has 5 heteroatoms. The number of para-hydroxylation sites is 1. The van der Waals surface area contributed by atoms with Crippen LogP contribution in [0, 0.1) is 19.8 Å². The van der Waals surface area contributed by atoms with Gasteiger partial charge in [-0.25, -0.2) is 0 Å². The zero-order valence-corrected chi connectivity index (χ0v) is 17.3. The quantitative estimate of drug-likeness (QED) is 0.579. The first-order valence-corrected chi connectivity index (χ1v) is 9.85. The molecule has 5 nitrogen and oxygen atoms in total. The number of fused-ring (bicyclic) bond motifs is 1. The first kappa shape index (κ1) is 20.6. The van der Waals surface area contributed by atoms with E-state index in [2.05, 4.69) is 51.2 Å². The van der Waals surface area contributed by atoms with E-state index >= 15 is 0 Å². The van der Waals surface area contributed by atoms with Crippen molar-refractivity contribution in [3.63, 3.8) is 0 Å². The number of carboxylic acids is 1. The van der Waals surface area contributed by atoms with Gasteiger partial charge in [-0.2, -0.15) is 0 Å². The second-order valence-corrected chi connectivity index (χ2v) is 8.08. The van der Waals surface area contributed by atoms with Crippen LogP contribution in [0.5, 0.6) is 0 Å². The van der Waals surface area contributed by atoms with E-state index < -0.39 is 5.97 Å². The molecule has 0 saturated heterocycles. The first-order chi connectivity index (χ1) is 13.7. The molecule has 1 amide bonds. The van der Waals surface area contributed by atoms with Crippen molar-refractivity contribution >= 4 is 22.8 Å². The van der Waals surface area contributed by atoms with Crippen LogP contribution in [-0.2, 0) is 11.2 Å². The topological polar surface area (TPSA) is 79.5 Å². The number of hydrogen-bond donors (Lipinski definition) is 2. The zero-order chi connectivity index (χ0) is 21.1. The van der Waals surface area contributed by atoms with Crippen molar-refractivity contribution in [1.82, 2.24) is 5.32 Å². The Labute approximate surface area is 170 Å². The number of furan rings is 1. The summed E-state index contributed by atoms with van der Waals surface area (Å²) >= 11 is 0. The minimum Gasteiger partial charge on any atom is -0.481 e. The monoisotopic (exact) mass is 393 g/mol. The summed E-state index contributed by atoms with van der Waals surface area (Å²) in [6.07, 6.45) is 0.599. The fourth-order valence-electron chi connectivity index (χ4n) is 3.73. The minimum atomic E-state index is -0.970. The molecule has 2 N–H and O–H groups in total. The summed E-state index contributed by atoms with van der Waals surface area (Å²) < 4.78 is 5.70. The fourth-order valence-corrected chi connectivity index (χ4v) is 3.73. The predicted octanol–water partition coefficient (Wildman–Crippen LogP) is 5.19. The lowest BCUT2D eigenvalue weighted by molar-refractivity contribution is -0.136. The van der Waals surface area contributed by atoms with E-state index in [4.69, 9.17) is 9.52 Å². The smallest absolute Gasteiger partial charge is 0.311 e. The zero-order valence-electron chi connectivity index (χ0n) is 17.3. The number of benzene rings is 2. The van der Waals surface area contributed by atoms with E-state index in [-0.39, 0.29) is 18.4 Å². The highest BCUT2D eigenvalue weighted by Gasteiger charge is 2.21. The van der Waals surface area contributed by atoms with Crippen LogP contribution in [0.25, 0.3) is 11.0 Å². The van der Waals surface area contributed by atoms with Gasteiger partial charge in [-0.1, -0.05) is 55.3 Å². The van der Waals surface area contributed by atoms with Crippen LogP contribution >= 0.6 is 0 Å². The molecule has 1 heterocycles. The highest BCUT2D eigenvalue weighted by molar-refractivity contribution is 6.05. The third-order valence-electron chi connectivity index (χ3n) is 4.82. The molecular formula is C24H27NO4. The van der Waals surface area contributed by atoms with Crippen LogP contribution in [-0.4, -0.2) is 17.0 Å². The Balaban J connectivity index is 1.93. The Morgan fingerprint density at radius 3 is 2.38 bits per heavy atom. The molecule has 2 aromatic carbocycles. The number of amides is 1. The number of nitrogens with one attached hydrogen (secondary N) is 1. The molecule has 0 aliphatic rings. The van der Waals surface area contributed by atoms with Crippen LogP contribution < -0.4 is 5.32 Å². The van der Waals surface area contributed by atoms with Gasteiger partial charge in [-0.15, -0.1) is 0 Å². The predicted molar refractivity (Wildman–Crippen MR) is 113 cm³/mol. The van der Waals surface area contributed by atoms with Gasteiger partial charge in [0.25, 0.3) is 5.91 Å². The normalized spacial score (nSPS) is 12.3. The SMILES string of the molecule is Cc1cc(C)cc(C(CC(C)C)NC(=O)c2cccc3cc(CC(=O)O)oc23)c1. The number of aryl methyl sites for hydroxylation is 2. The number of aliphatic carboxylic acids is 1. The summed E-state index contributed by atoms with van der Waals surface area (Å²) in [4.78, 5) is 24.1. The maximum Gasteiger partial charge on any atom is 0.311 e. The number of carbonyl (C=O) groups excluding carboxylic acids is 1. The lowest BCUT2D eigenvalue weighted by Crippen LogP contribution is -2.29. The molecule has 0 aliphatic heterocycles. The van der Waals surface area contributed by atoms with Gasteiger partial charge >= 0.3 is 5.97 Å². The molecule has 0 spiro atoms. The average molecular weight is 393 g/mol. The summed E-state index contributed by atoms with van der Waals surface area (Å²) in [5, 5.41) is 12.9. The Bertz CT molecular complexity index is 1030. The van der Waals surface area contributed by atoms with E-state index in [1.54, 1.807) is 18.2 Å². The molecule has 3 rings (SSSR count). The van der Waals surface area contributed by atoms with Crippen LogP contribution in [0.2, 0.25) is 0 Å². The Morgan fingerprint density at radius 1 is 1.07 bits per heavy atom. The fraction of sp³-hybridized carbons (Fsp3) is 0.333. The van der Waals surface area contributed by atoms with Gasteiger partial charge in [0.05, 0.1) is 11.6 Å². The van der Waals surface area contributed by atoms with Gasteiger partial charge < -0.3 is 14.8 Å². The van der Waals surface area contributed by atoms with Crippen molar-refractivity contribution in [2.45, 2.75) is 46.6 Å². The molecule has 0 aliphatic carbocycles. The van der Waals surface area contributed by atoms with Crippen LogP contribution in [0.1, 0.15) is 59.1 Å². The third-order valence-corrected chi connectivity index (χ3v) is 4.82. The Hall–Kier alpha value is -3.08. The van der Waals surface area contributed by atoms with Crippen LogP contribution in [0.3, 0.4) is 0 Å². The maximum absolute atomic E-state index is 13.1. The van der Waals surface area contributed by atoms with Crippen molar-refractivity contribution in [3.8, 4) is 0 Å². The largest absolute Gasteiger partial charge is 0.481 e. The van der Waals surface area contributed by atoms with Crippen molar-refractivity contribution in [1.29, 1.82) is 0 Å². The highest BCUT2D eigenvalue weighted by Crippen LogP contribution is 2.27. The van der Waals surface area contributed by atoms with E-state index in [1.165, 1.54) is 0 Å². The molecular weight excluding hydrogens is 366 g/mol. The van der Waals surface area contributed by atoms with Crippen LogP contribution in [0.4, 0.5) is 0 Å². The third kappa shape index (κ3) is 5.05. The number of hydrogen-bond acceptors (Lipinski definition) is 3. The summed E-state index contributed by atoms with van der Waals surface area (Å²) in [6, 6.07) is 13.2. The molecule has 1 aromatic heterocycles. The molecule has 0 radical (unpaired) electrons. The lowest BCUT2D eigenvalue weighted by Gasteiger charge is -2.22. The van der Waals surface area contributed by atoms with E-state index in [0.717, 1.165) is 28.5 Å². The lowest BCUT2D eigenvalue weighted by atomic mass is 9.94. The molecule has 0 fully saturated rings. The Morgan fingerprint density at radius 2 is 1.76 bits per heavy atom. The van der Waals surface area contributed by atoms with Gasteiger partial charge in [0.1, 0.15) is 17.8 Å². The van der Waals surface area contributed by atoms with Crippen molar-refractivity contribution in [2.75, 3.05) is 0 Å². The second-order valence-electron chi connectivity index (χ2n) is 8.08. The maximum atomic E-state index is 13.1. The van der Waals surface area contributed by atoms with Gasteiger partial charge in [0.2, 0.25) is 0 Å². The summed E-state index contributed by atoms with van der Waals surface area (Å²) in [5.41, 5.74) is 4.24. The number of carboxylic acid groups (broad SMARTS) is 1. The number of rotatable bonds is 7. The van der Waals surface area contributed by atoms with Gasteiger partial charge in [0.15, 0.2) is 0 Å². The standard InChI is InChI=1S/C24H27NO4/c1-14(2)8-21(18-10-15(3)9-16(4)11-18)25-24(28)20-7-5-6-17-12-19(13-22(26)27)29-23(17)20/h5-7,9-12,14,21H,8,13H2,1-4H3,(H,25,28)(H,26,27).